The van der Waals surface area contributed by atoms with Crippen molar-refractivity contribution in [3.63, 3.8) is 0 Å². The van der Waals surface area contributed by atoms with Crippen LogP contribution in [-0.2, 0) is 0 Å². The van der Waals surface area contributed by atoms with Crippen LogP contribution in [0.1, 0.15) is 41.4 Å². The lowest BCUT2D eigenvalue weighted by Crippen LogP contribution is -2.25. The zero-order valence-electron chi connectivity index (χ0n) is 19.1. The summed E-state index contributed by atoms with van der Waals surface area (Å²) in [5, 5.41) is 10.1. The highest BCUT2D eigenvalue weighted by molar-refractivity contribution is 5.51. The van der Waals surface area contributed by atoms with Crippen LogP contribution in [0.5, 0.6) is 23.0 Å². The lowest BCUT2D eigenvalue weighted by Gasteiger charge is -2.34. The van der Waals surface area contributed by atoms with E-state index in [0.29, 0.717) is 13.2 Å². The molecule has 2 aliphatic heterocycles. The van der Waals surface area contributed by atoms with Gasteiger partial charge < -0.3 is 19.3 Å². The van der Waals surface area contributed by atoms with E-state index in [2.05, 4.69) is 41.3 Å². The van der Waals surface area contributed by atoms with Crippen LogP contribution in [0, 0.1) is 0 Å². The Morgan fingerprint density at radius 3 is 2.48 bits per heavy atom. The molecule has 0 amide bonds. The molecular formula is C28H31NO4. The molecule has 3 aromatic rings. The molecule has 1 fully saturated rings. The zero-order chi connectivity index (χ0) is 22.6. The van der Waals surface area contributed by atoms with Gasteiger partial charge in [-0.05, 0) is 79.5 Å². The van der Waals surface area contributed by atoms with Crippen LogP contribution in [0.25, 0.3) is 0 Å². The highest BCUT2D eigenvalue weighted by Gasteiger charge is 2.34. The van der Waals surface area contributed by atoms with Crippen LogP contribution < -0.4 is 14.2 Å². The number of nitrogens with zero attached hydrogens (tertiary/aromatic N) is 1. The van der Waals surface area contributed by atoms with E-state index in [-0.39, 0.29) is 17.6 Å². The first-order chi connectivity index (χ1) is 16.2. The maximum absolute atomic E-state index is 10.1. The Morgan fingerprint density at radius 1 is 0.939 bits per heavy atom. The number of likely N-dealkylation sites (tertiary alicyclic amines) is 1. The minimum Gasteiger partial charge on any atom is -0.508 e. The van der Waals surface area contributed by atoms with Gasteiger partial charge in [-0.3, -0.25) is 4.90 Å². The maximum atomic E-state index is 10.1. The molecule has 2 unspecified atom stereocenters. The van der Waals surface area contributed by atoms with Gasteiger partial charge in [0.25, 0.3) is 0 Å². The first-order valence-corrected chi connectivity index (χ1v) is 11.8. The van der Waals surface area contributed by atoms with Crippen LogP contribution in [0.3, 0.4) is 0 Å². The number of phenolic OH excluding ortho intramolecular Hbond substituents is 1. The number of ether oxygens (including phenoxy) is 3. The van der Waals surface area contributed by atoms with Gasteiger partial charge in [0, 0.05) is 23.9 Å². The number of fused-ring (bicyclic) bond motifs is 1. The normalized spacial score (nSPS) is 20.2. The fourth-order valence-electron chi connectivity index (χ4n) is 5.05. The summed E-state index contributed by atoms with van der Waals surface area (Å²) in [6, 6.07) is 21.9. The lowest BCUT2D eigenvalue weighted by molar-refractivity contribution is 0.237. The van der Waals surface area contributed by atoms with E-state index in [1.54, 1.807) is 13.2 Å². The Balaban J connectivity index is 1.42. The van der Waals surface area contributed by atoms with Crippen LogP contribution >= 0.6 is 0 Å². The van der Waals surface area contributed by atoms with Crippen molar-refractivity contribution in [2.75, 3.05) is 40.0 Å². The molecule has 0 saturated carbocycles. The van der Waals surface area contributed by atoms with Gasteiger partial charge in [0.1, 0.15) is 29.6 Å². The van der Waals surface area contributed by atoms with E-state index in [9.17, 15) is 5.11 Å². The summed E-state index contributed by atoms with van der Waals surface area (Å²) in [5.74, 6) is 2.99. The molecule has 5 rings (SSSR count). The number of hydrogen-bond acceptors (Lipinski definition) is 5. The van der Waals surface area contributed by atoms with Gasteiger partial charge in [0.05, 0.1) is 13.7 Å². The molecule has 33 heavy (non-hydrogen) atoms. The number of rotatable bonds is 7. The minimum absolute atomic E-state index is 0.0682. The molecule has 0 bridgehead atoms. The molecule has 0 aromatic heterocycles. The van der Waals surface area contributed by atoms with E-state index in [1.165, 1.54) is 31.5 Å². The summed E-state index contributed by atoms with van der Waals surface area (Å²) in [7, 11) is 1.68. The monoisotopic (exact) mass is 445 g/mol. The van der Waals surface area contributed by atoms with E-state index in [4.69, 9.17) is 14.2 Å². The molecule has 1 saturated heterocycles. The second-order valence-electron chi connectivity index (χ2n) is 8.86. The SMILES string of the molecule is COc1ccc2c(c1)C(c1ccc(OCCN3CCCC3)cc1)C(c1cccc(O)c1)CO2. The summed E-state index contributed by atoms with van der Waals surface area (Å²) in [6.07, 6.45) is 2.60. The van der Waals surface area contributed by atoms with Crippen LogP contribution in [0.15, 0.2) is 66.7 Å². The predicted molar refractivity (Wildman–Crippen MR) is 129 cm³/mol. The number of aromatic hydroxyl groups is 1. The number of benzene rings is 3. The van der Waals surface area contributed by atoms with E-state index < -0.39 is 0 Å². The van der Waals surface area contributed by atoms with Crippen LogP contribution in [0.4, 0.5) is 0 Å². The van der Waals surface area contributed by atoms with Gasteiger partial charge in [-0.15, -0.1) is 0 Å². The molecule has 2 heterocycles. The fourth-order valence-corrected chi connectivity index (χ4v) is 5.05. The molecular weight excluding hydrogens is 414 g/mol. The smallest absolute Gasteiger partial charge is 0.123 e. The Hall–Kier alpha value is -3.18. The quantitative estimate of drug-likeness (QED) is 0.543. The number of phenols is 1. The third-order valence-corrected chi connectivity index (χ3v) is 6.79. The van der Waals surface area contributed by atoms with Crippen molar-refractivity contribution in [2.24, 2.45) is 0 Å². The van der Waals surface area contributed by atoms with Gasteiger partial charge in [-0.25, -0.2) is 0 Å². The second-order valence-corrected chi connectivity index (χ2v) is 8.86. The second kappa shape index (κ2) is 9.75. The summed E-state index contributed by atoms with van der Waals surface area (Å²) in [4.78, 5) is 2.46. The van der Waals surface area contributed by atoms with E-state index >= 15 is 0 Å². The average molecular weight is 446 g/mol. The van der Waals surface area contributed by atoms with Crippen molar-refractivity contribution in [2.45, 2.75) is 24.7 Å². The molecule has 1 N–H and O–H groups in total. The molecule has 5 nitrogen and oxygen atoms in total. The average Bonchev–Trinajstić information content (AvgIpc) is 3.37. The van der Waals surface area contributed by atoms with Gasteiger partial charge >= 0.3 is 0 Å². The van der Waals surface area contributed by atoms with Gasteiger partial charge in [-0.1, -0.05) is 24.3 Å². The van der Waals surface area contributed by atoms with E-state index in [0.717, 1.165) is 34.9 Å². The van der Waals surface area contributed by atoms with Crippen molar-refractivity contribution in [1.29, 1.82) is 0 Å². The highest BCUT2D eigenvalue weighted by Crippen LogP contribution is 2.47. The highest BCUT2D eigenvalue weighted by atomic mass is 16.5. The van der Waals surface area contributed by atoms with Crippen molar-refractivity contribution >= 4 is 0 Å². The van der Waals surface area contributed by atoms with Crippen molar-refractivity contribution in [3.05, 3.63) is 83.4 Å². The van der Waals surface area contributed by atoms with Crippen molar-refractivity contribution in [1.82, 2.24) is 4.90 Å². The molecule has 0 spiro atoms. The lowest BCUT2D eigenvalue weighted by atomic mass is 9.76. The molecule has 172 valence electrons. The minimum atomic E-state index is 0.0682. The summed E-state index contributed by atoms with van der Waals surface area (Å²) >= 11 is 0. The topological polar surface area (TPSA) is 51.2 Å². The molecule has 3 aromatic carbocycles. The Kier molecular flexibility index (Phi) is 6.40. The fraction of sp³-hybridized carbons (Fsp3) is 0.357. The first-order valence-electron chi connectivity index (χ1n) is 11.8. The van der Waals surface area contributed by atoms with Crippen LogP contribution in [-0.4, -0.2) is 50.0 Å². The molecule has 0 aliphatic carbocycles. The van der Waals surface area contributed by atoms with Gasteiger partial charge in [-0.2, -0.15) is 0 Å². The maximum Gasteiger partial charge on any atom is 0.123 e. The Morgan fingerprint density at radius 2 is 1.73 bits per heavy atom. The Bertz CT molecular complexity index is 1080. The number of methoxy groups -OCH3 is 1. The van der Waals surface area contributed by atoms with Crippen LogP contribution in [0.2, 0.25) is 0 Å². The third-order valence-electron chi connectivity index (χ3n) is 6.79. The molecule has 0 radical (unpaired) electrons. The van der Waals surface area contributed by atoms with Gasteiger partial charge in [0.15, 0.2) is 0 Å². The largest absolute Gasteiger partial charge is 0.508 e. The summed E-state index contributed by atoms with van der Waals surface area (Å²) < 4.78 is 17.7. The summed E-state index contributed by atoms with van der Waals surface area (Å²) in [6.45, 7) is 4.61. The zero-order valence-corrected chi connectivity index (χ0v) is 19.1. The standard InChI is InChI=1S/C28H31NO4/c1-31-24-11-12-27-25(18-24)28(26(19-33-27)21-5-4-6-22(30)17-21)20-7-9-23(10-8-20)32-16-15-29-13-2-3-14-29/h4-12,17-18,26,28,30H,2-3,13-16,19H2,1H3. The predicted octanol–water partition coefficient (Wildman–Crippen LogP) is 5.18. The number of hydrogen-bond donors (Lipinski definition) is 1. The molecule has 5 heteroatoms. The van der Waals surface area contributed by atoms with Crippen molar-refractivity contribution < 1.29 is 19.3 Å². The van der Waals surface area contributed by atoms with E-state index in [1.807, 2.05) is 24.3 Å². The van der Waals surface area contributed by atoms with Gasteiger partial charge in [0.2, 0.25) is 0 Å². The molecule has 2 aliphatic rings. The first kappa shape index (κ1) is 21.7. The molecule has 2 atom stereocenters. The van der Waals surface area contributed by atoms with Crippen molar-refractivity contribution in [3.8, 4) is 23.0 Å². The Labute approximate surface area is 195 Å². The summed E-state index contributed by atoms with van der Waals surface area (Å²) in [5.41, 5.74) is 3.34. The third kappa shape index (κ3) is 4.79.